The van der Waals surface area contributed by atoms with Gasteiger partial charge in [-0.05, 0) is 54.4 Å². The van der Waals surface area contributed by atoms with Crippen molar-refractivity contribution in [2.75, 3.05) is 42.1 Å². The zero-order valence-corrected chi connectivity index (χ0v) is 14.5. The number of hydrogen-bond acceptors (Lipinski definition) is 4. The summed E-state index contributed by atoms with van der Waals surface area (Å²) in [6.07, 6.45) is 0.675. The second-order valence-electron chi connectivity index (χ2n) is 6.19. The van der Waals surface area contributed by atoms with Gasteiger partial charge < -0.3 is 9.64 Å². The van der Waals surface area contributed by atoms with E-state index in [1.807, 2.05) is 12.1 Å². The summed E-state index contributed by atoms with van der Waals surface area (Å²) < 4.78 is 45.6. The molecule has 2 aliphatic heterocycles. The highest BCUT2D eigenvalue weighted by Crippen LogP contribution is 2.35. The van der Waals surface area contributed by atoms with Crippen LogP contribution in [0.2, 0.25) is 0 Å². The molecular formula is C18H19FN2O3S. The molecule has 0 atom stereocenters. The van der Waals surface area contributed by atoms with Crippen LogP contribution in [-0.4, -0.2) is 41.3 Å². The van der Waals surface area contributed by atoms with Crippen LogP contribution in [0.3, 0.4) is 0 Å². The summed E-state index contributed by atoms with van der Waals surface area (Å²) in [5.41, 5.74) is 2.83. The number of anilines is 2. The van der Waals surface area contributed by atoms with Gasteiger partial charge in [0.15, 0.2) is 0 Å². The molecule has 4 rings (SSSR count). The van der Waals surface area contributed by atoms with Crippen molar-refractivity contribution in [3.05, 3.63) is 53.8 Å². The van der Waals surface area contributed by atoms with Crippen molar-refractivity contribution >= 4 is 21.4 Å². The highest BCUT2D eigenvalue weighted by atomic mass is 32.2. The minimum atomic E-state index is -3.67. The second-order valence-corrected chi connectivity index (χ2v) is 8.06. The molecule has 0 saturated carbocycles. The Morgan fingerprint density at radius 1 is 0.960 bits per heavy atom. The van der Waals surface area contributed by atoms with E-state index < -0.39 is 15.8 Å². The molecule has 25 heavy (non-hydrogen) atoms. The molecule has 0 bridgehead atoms. The zero-order chi connectivity index (χ0) is 17.4. The number of rotatable bonds is 3. The molecule has 5 nitrogen and oxygen atoms in total. The average Bonchev–Trinajstić information content (AvgIpc) is 3.07. The second kappa shape index (κ2) is 6.31. The fourth-order valence-electron chi connectivity index (χ4n) is 3.36. The van der Waals surface area contributed by atoms with Crippen LogP contribution in [0.5, 0.6) is 0 Å². The van der Waals surface area contributed by atoms with Gasteiger partial charge in [0.05, 0.1) is 23.8 Å². The molecule has 2 aromatic carbocycles. The predicted octanol–water partition coefficient (Wildman–Crippen LogP) is 2.41. The van der Waals surface area contributed by atoms with Crippen molar-refractivity contribution in [1.82, 2.24) is 0 Å². The minimum Gasteiger partial charge on any atom is -0.378 e. The normalized spacial score (nSPS) is 17.6. The van der Waals surface area contributed by atoms with Gasteiger partial charge in [-0.15, -0.1) is 0 Å². The van der Waals surface area contributed by atoms with Gasteiger partial charge in [0.25, 0.3) is 10.0 Å². The van der Waals surface area contributed by atoms with E-state index >= 15 is 0 Å². The van der Waals surface area contributed by atoms with Crippen LogP contribution in [0, 0.1) is 5.82 Å². The van der Waals surface area contributed by atoms with E-state index in [4.69, 9.17) is 4.74 Å². The van der Waals surface area contributed by atoms with Gasteiger partial charge >= 0.3 is 0 Å². The highest BCUT2D eigenvalue weighted by Gasteiger charge is 2.31. The molecule has 0 amide bonds. The van der Waals surface area contributed by atoms with Crippen molar-refractivity contribution in [3.8, 4) is 0 Å². The van der Waals surface area contributed by atoms with E-state index in [1.165, 1.54) is 28.6 Å². The molecule has 7 heteroatoms. The maximum absolute atomic E-state index is 13.1. The molecular weight excluding hydrogens is 343 g/mol. The van der Waals surface area contributed by atoms with Crippen molar-refractivity contribution in [3.63, 3.8) is 0 Å². The van der Waals surface area contributed by atoms with Crippen LogP contribution < -0.4 is 9.21 Å². The summed E-state index contributed by atoms with van der Waals surface area (Å²) in [4.78, 5) is 2.36. The topological polar surface area (TPSA) is 49.9 Å². The maximum atomic E-state index is 13.1. The molecule has 0 radical (unpaired) electrons. The molecule has 0 aromatic heterocycles. The smallest absolute Gasteiger partial charge is 0.264 e. The molecule has 0 unspecified atom stereocenters. The quantitative estimate of drug-likeness (QED) is 0.841. The van der Waals surface area contributed by atoms with Crippen LogP contribution in [0.15, 0.2) is 47.4 Å². The Labute approximate surface area is 146 Å². The van der Waals surface area contributed by atoms with Crippen molar-refractivity contribution in [2.45, 2.75) is 11.3 Å². The summed E-state index contributed by atoms with van der Waals surface area (Å²) in [6.45, 7) is 3.51. The van der Waals surface area contributed by atoms with Gasteiger partial charge in [0.1, 0.15) is 5.82 Å². The number of ether oxygens (including phenoxy) is 1. The molecule has 1 fully saturated rings. The van der Waals surface area contributed by atoms with Crippen molar-refractivity contribution < 1.29 is 17.5 Å². The fourth-order valence-corrected chi connectivity index (χ4v) is 4.86. The lowest BCUT2D eigenvalue weighted by molar-refractivity contribution is 0.122. The molecule has 0 N–H and O–H groups in total. The Kier molecular flexibility index (Phi) is 4.13. The number of sulfonamides is 1. The Bertz CT molecular complexity index is 878. The van der Waals surface area contributed by atoms with Gasteiger partial charge in [-0.1, -0.05) is 0 Å². The van der Waals surface area contributed by atoms with E-state index in [2.05, 4.69) is 11.0 Å². The lowest BCUT2D eigenvalue weighted by Crippen LogP contribution is -2.36. The zero-order valence-electron chi connectivity index (χ0n) is 13.7. The third-order valence-corrected chi connectivity index (χ3v) is 6.52. The van der Waals surface area contributed by atoms with E-state index in [9.17, 15) is 12.8 Å². The van der Waals surface area contributed by atoms with Crippen molar-refractivity contribution in [1.29, 1.82) is 0 Å². The summed E-state index contributed by atoms with van der Waals surface area (Å²) in [5.74, 6) is -0.448. The fraction of sp³-hybridized carbons (Fsp3) is 0.333. The van der Waals surface area contributed by atoms with Crippen LogP contribution in [0.25, 0.3) is 0 Å². The Morgan fingerprint density at radius 3 is 2.40 bits per heavy atom. The van der Waals surface area contributed by atoms with Crippen molar-refractivity contribution in [2.24, 2.45) is 0 Å². The summed E-state index contributed by atoms with van der Waals surface area (Å²) >= 11 is 0. The summed E-state index contributed by atoms with van der Waals surface area (Å²) in [7, 11) is -3.67. The first-order valence-electron chi connectivity index (χ1n) is 8.30. The van der Waals surface area contributed by atoms with Gasteiger partial charge in [-0.3, -0.25) is 4.31 Å². The first-order chi connectivity index (χ1) is 12.1. The third kappa shape index (κ3) is 2.98. The van der Waals surface area contributed by atoms with E-state index in [0.29, 0.717) is 31.9 Å². The maximum Gasteiger partial charge on any atom is 0.264 e. The lowest BCUT2D eigenvalue weighted by atomic mass is 10.1. The number of fused-ring (bicyclic) bond motifs is 1. The Balaban J connectivity index is 1.64. The molecule has 2 aromatic rings. The van der Waals surface area contributed by atoms with E-state index in [-0.39, 0.29) is 4.90 Å². The van der Waals surface area contributed by atoms with Crippen LogP contribution >= 0.6 is 0 Å². The number of hydrogen-bond donors (Lipinski definition) is 0. The number of benzene rings is 2. The minimum absolute atomic E-state index is 0.110. The standard InChI is InChI=1S/C18H19FN2O3S/c19-15-1-4-17(5-2-15)25(22,23)21-8-7-14-13-16(3-6-18(14)21)20-9-11-24-12-10-20/h1-6,13H,7-12H2. The monoisotopic (exact) mass is 362 g/mol. The first kappa shape index (κ1) is 16.4. The average molecular weight is 362 g/mol. The van der Waals surface area contributed by atoms with Gasteiger partial charge in [0, 0.05) is 25.3 Å². The van der Waals surface area contributed by atoms with Gasteiger partial charge in [-0.25, -0.2) is 12.8 Å². The largest absolute Gasteiger partial charge is 0.378 e. The number of nitrogens with zero attached hydrogens (tertiary/aromatic N) is 2. The molecule has 2 aliphatic rings. The first-order valence-corrected chi connectivity index (χ1v) is 9.74. The third-order valence-electron chi connectivity index (χ3n) is 4.69. The number of halogens is 1. The molecule has 132 valence electrons. The summed E-state index contributed by atoms with van der Waals surface area (Å²) in [6, 6.07) is 10.9. The van der Waals surface area contributed by atoms with Crippen LogP contribution in [0.4, 0.5) is 15.8 Å². The van der Waals surface area contributed by atoms with Gasteiger partial charge in [-0.2, -0.15) is 0 Å². The molecule has 0 spiro atoms. The predicted molar refractivity (Wildman–Crippen MR) is 94.1 cm³/mol. The molecule has 0 aliphatic carbocycles. The van der Waals surface area contributed by atoms with E-state index in [1.54, 1.807) is 0 Å². The van der Waals surface area contributed by atoms with Gasteiger partial charge in [0.2, 0.25) is 0 Å². The van der Waals surface area contributed by atoms with E-state index in [0.717, 1.165) is 24.3 Å². The summed E-state index contributed by atoms with van der Waals surface area (Å²) in [5, 5.41) is 0. The molecule has 2 heterocycles. The van der Waals surface area contributed by atoms with Crippen LogP contribution in [-0.2, 0) is 21.2 Å². The Morgan fingerprint density at radius 2 is 1.68 bits per heavy atom. The Hall–Kier alpha value is -2.12. The number of morpholine rings is 1. The highest BCUT2D eigenvalue weighted by molar-refractivity contribution is 7.92. The SMILES string of the molecule is O=S(=O)(c1ccc(F)cc1)N1CCc2cc(N3CCOCC3)ccc21. The lowest BCUT2D eigenvalue weighted by Gasteiger charge is -2.29. The van der Waals surface area contributed by atoms with Crippen LogP contribution in [0.1, 0.15) is 5.56 Å². The molecule has 1 saturated heterocycles.